The molecule has 0 bridgehead atoms. The second-order valence-corrected chi connectivity index (χ2v) is 4.94. The second kappa shape index (κ2) is 7.11. The van der Waals surface area contributed by atoms with Crippen molar-refractivity contribution in [2.24, 2.45) is 0 Å². The lowest BCUT2D eigenvalue weighted by molar-refractivity contribution is 0.134. The normalized spacial score (nSPS) is 14.6. The van der Waals surface area contributed by atoms with E-state index in [1.165, 1.54) is 0 Å². The van der Waals surface area contributed by atoms with Gasteiger partial charge in [0.1, 0.15) is 0 Å². The first-order valence-corrected chi connectivity index (χ1v) is 6.58. The molecule has 1 aromatic carbocycles. The highest BCUT2D eigenvalue weighted by atomic mass is 79.9. The summed E-state index contributed by atoms with van der Waals surface area (Å²) in [6, 6.07) is 8.04. The number of halogens is 1. The lowest BCUT2D eigenvalue weighted by Gasteiger charge is -2.33. The van der Waals surface area contributed by atoms with Gasteiger partial charge in [-0.1, -0.05) is 35.0 Å². The number of methoxy groups -OCH3 is 1. The van der Waals surface area contributed by atoms with Crippen molar-refractivity contribution in [3.8, 4) is 0 Å². The summed E-state index contributed by atoms with van der Waals surface area (Å²) in [6.07, 6.45) is 0.823. The van der Waals surface area contributed by atoms with Crippen LogP contribution in [0.25, 0.3) is 0 Å². The van der Waals surface area contributed by atoms with Crippen LogP contribution in [0.15, 0.2) is 28.7 Å². The highest BCUT2D eigenvalue weighted by molar-refractivity contribution is 9.10. The fourth-order valence-corrected chi connectivity index (χ4v) is 2.27. The van der Waals surface area contributed by atoms with Crippen LogP contribution in [0.3, 0.4) is 0 Å². The molecular weight excluding hydrogens is 282 g/mol. The van der Waals surface area contributed by atoms with Crippen LogP contribution in [-0.4, -0.2) is 32.0 Å². The molecular formula is C13H20BrNO2. The van der Waals surface area contributed by atoms with Gasteiger partial charge < -0.3 is 15.2 Å². The Bertz CT molecular complexity index is 340. The largest absolute Gasteiger partial charge is 0.394 e. The number of benzene rings is 1. The molecule has 0 aromatic heterocycles. The van der Waals surface area contributed by atoms with Crippen LogP contribution >= 0.6 is 15.9 Å². The van der Waals surface area contributed by atoms with Crippen molar-refractivity contribution in [2.45, 2.75) is 18.9 Å². The Labute approximate surface area is 111 Å². The summed E-state index contributed by atoms with van der Waals surface area (Å²) in [5.41, 5.74) is 0.704. The Kier molecular flexibility index (Phi) is 6.12. The number of ether oxygens (including phenoxy) is 1. The monoisotopic (exact) mass is 301 g/mol. The van der Waals surface area contributed by atoms with E-state index < -0.39 is 0 Å². The Hall–Kier alpha value is -0.420. The van der Waals surface area contributed by atoms with Gasteiger partial charge in [0.2, 0.25) is 0 Å². The molecule has 0 radical (unpaired) electrons. The predicted octanol–water partition coefficient (Wildman–Crippen LogP) is 2.28. The molecule has 0 aliphatic heterocycles. The maximum atomic E-state index is 9.70. The molecule has 2 N–H and O–H groups in total. The van der Waals surface area contributed by atoms with E-state index in [0.29, 0.717) is 6.61 Å². The summed E-state index contributed by atoms with van der Waals surface area (Å²) >= 11 is 3.46. The summed E-state index contributed by atoms with van der Waals surface area (Å²) in [5.74, 6) is 0. The fourth-order valence-electron chi connectivity index (χ4n) is 1.87. The summed E-state index contributed by atoms with van der Waals surface area (Å²) in [6.45, 7) is 3.49. The third kappa shape index (κ3) is 3.78. The first kappa shape index (κ1) is 14.6. The Morgan fingerprint density at radius 2 is 2.24 bits per heavy atom. The van der Waals surface area contributed by atoms with E-state index in [9.17, 15) is 5.11 Å². The van der Waals surface area contributed by atoms with Crippen LogP contribution in [0.1, 0.15) is 18.9 Å². The molecule has 0 saturated carbocycles. The van der Waals surface area contributed by atoms with E-state index in [0.717, 1.165) is 23.0 Å². The lowest BCUT2D eigenvalue weighted by atomic mass is 9.88. The molecule has 96 valence electrons. The zero-order valence-corrected chi connectivity index (χ0v) is 12.0. The van der Waals surface area contributed by atoms with Gasteiger partial charge in [-0.2, -0.15) is 0 Å². The first-order chi connectivity index (χ1) is 8.18. The van der Waals surface area contributed by atoms with Crippen molar-refractivity contribution in [2.75, 3.05) is 26.9 Å². The Morgan fingerprint density at radius 3 is 2.76 bits per heavy atom. The van der Waals surface area contributed by atoms with Gasteiger partial charge in [-0.15, -0.1) is 0 Å². The van der Waals surface area contributed by atoms with E-state index in [1.807, 2.05) is 24.3 Å². The van der Waals surface area contributed by atoms with Gasteiger partial charge in [0, 0.05) is 18.1 Å². The minimum Gasteiger partial charge on any atom is -0.394 e. The van der Waals surface area contributed by atoms with Gasteiger partial charge in [-0.25, -0.2) is 0 Å². The van der Waals surface area contributed by atoms with Crippen LogP contribution in [0.4, 0.5) is 0 Å². The molecule has 0 heterocycles. The summed E-state index contributed by atoms with van der Waals surface area (Å²) in [4.78, 5) is 0. The van der Waals surface area contributed by atoms with E-state index in [-0.39, 0.29) is 12.1 Å². The van der Waals surface area contributed by atoms with Crippen LogP contribution in [0.5, 0.6) is 0 Å². The molecule has 1 atom stereocenters. The van der Waals surface area contributed by atoms with Gasteiger partial charge in [0.15, 0.2) is 0 Å². The average Bonchev–Trinajstić information content (AvgIpc) is 2.35. The quantitative estimate of drug-likeness (QED) is 0.759. The molecule has 0 amide bonds. The smallest absolute Gasteiger partial charge is 0.0667 e. The van der Waals surface area contributed by atoms with Gasteiger partial charge in [0.25, 0.3) is 0 Å². The molecule has 0 spiro atoms. The van der Waals surface area contributed by atoms with Crippen molar-refractivity contribution in [3.05, 3.63) is 34.3 Å². The van der Waals surface area contributed by atoms with E-state index in [2.05, 4.69) is 28.2 Å². The number of nitrogens with one attached hydrogen (secondary N) is 1. The number of rotatable bonds is 7. The minimum atomic E-state index is -0.387. The van der Waals surface area contributed by atoms with Gasteiger partial charge in [0.05, 0.1) is 18.8 Å². The van der Waals surface area contributed by atoms with Crippen LogP contribution in [-0.2, 0) is 10.3 Å². The van der Waals surface area contributed by atoms with Crippen LogP contribution in [0.2, 0.25) is 0 Å². The van der Waals surface area contributed by atoms with Crippen molar-refractivity contribution in [1.29, 1.82) is 0 Å². The molecule has 3 nitrogen and oxygen atoms in total. The zero-order chi connectivity index (χ0) is 12.7. The van der Waals surface area contributed by atoms with E-state index >= 15 is 0 Å². The maximum absolute atomic E-state index is 9.70. The third-order valence-electron chi connectivity index (χ3n) is 3.02. The zero-order valence-electron chi connectivity index (χ0n) is 10.4. The van der Waals surface area contributed by atoms with Gasteiger partial charge in [-0.05, 0) is 24.1 Å². The molecule has 0 saturated heterocycles. The predicted molar refractivity (Wildman–Crippen MR) is 73.1 cm³/mol. The van der Waals surface area contributed by atoms with Crippen molar-refractivity contribution >= 4 is 15.9 Å². The summed E-state index contributed by atoms with van der Waals surface area (Å²) in [5, 5.41) is 13.1. The number of hydrogen-bond donors (Lipinski definition) is 2. The molecule has 0 fully saturated rings. The van der Waals surface area contributed by atoms with E-state index in [1.54, 1.807) is 7.11 Å². The molecule has 0 aliphatic carbocycles. The third-order valence-corrected chi connectivity index (χ3v) is 3.51. The molecule has 1 unspecified atom stereocenters. The molecule has 1 rings (SSSR count). The SMILES string of the molecule is CCC(CO)(NCCOC)c1cccc(Br)c1. The lowest BCUT2D eigenvalue weighted by Crippen LogP contribution is -2.46. The highest BCUT2D eigenvalue weighted by Crippen LogP contribution is 2.26. The van der Waals surface area contributed by atoms with Crippen molar-refractivity contribution < 1.29 is 9.84 Å². The first-order valence-electron chi connectivity index (χ1n) is 5.79. The molecule has 1 aromatic rings. The van der Waals surface area contributed by atoms with Gasteiger partial charge in [-0.3, -0.25) is 0 Å². The van der Waals surface area contributed by atoms with E-state index in [4.69, 9.17) is 4.74 Å². The second-order valence-electron chi connectivity index (χ2n) is 4.02. The highest BCUT2D eigenvalue weighted by Gasteiger charge is 2.28. The van der Waals surface area contributed by atoms with Crippen LogP contribution in [0, 0.1) is 0 Å². The number of hydrogen-bond acceptors (Lipinski definition) is 3. The number of aliphatic hydroxyl groups excluding tert-OH is 1. The molecule has 0 aliphatic rings. The van der Waals surface area contributed by atoms with Crippen LogP contribution < -0.4 is 5.32 Å². The minimum absolute atomic E-state index is 0.0731. The summed E-state index contributed by atoms with van der Waals surface area (Å²) in [7, 11) is 1.67. The molecule has 4 heteroatoms. The van der Waals surface area contributed by atoms with Gasteiger partial charge >= 0.3 is 0 Å². The Balaban J connectivity index is 2.89. The average molecular weight is 302 g/mol. The summed E-state index contributed by atoms with van der Waals surface area (Å²) < 4.78 is 6.06. The standard InChI is InChI=1S/C13H20BrNO2/c1-3-13(10-16,15-7-8-17-2)11-5-4-6-12(14)9-11/h4-6,9,15-16H,3,7-8,10H2,1-2H3. The Morgan fingerprint density at radius 1 is 1.47 bits per heavy atom. The topological polar surface area (TPSA) is 41.5 Å². The van der Waals surface area contributed by atoms with Crippen molar-refractivity contribution in [1.82, 2.24) is 5.32 Å². The fraction of sp³-hybridized carbons (Fsp3) is 0.538. The van der Waals surface area contributed by atoms with Crippen molar-refractivity contribution in [3.63, 3.8) is 0 Å². The molecule has 17 heavy (non-hydrogen) atoms. The maximum Gasteiger partial charge on any atom is 0.0667 e. The number of aliphatic hydroxyl groups is 1.